The van der Waals surface area contributed by atoms with Crippen LogP contribution in [0.4, 0.5) is 0 Å². The van der Waals surface area contributed by atoms with Crippen molar-refractivity contribution < 1.29 is 9.47 Å². The van der Waals surface area contributed by atoms with Gasteiger partial charge in [0, 0.05) is 31.0 Å². The number of benzene rings is 1. The molecular formula is C21H26N2O2. The minimum Gasteiger partial charge on any atom is -0.496 e. The molecule has 2 aromatic rings. The third-order valence-electron chi connectivity index (χ3n) is 4.47. The Kier molecular flexibility index (Phi) is 6.60. The number of likely N-dealkylation sites (tertiary alicyclic amines) is 1. The van der Waals surface area contributed by atoms with E-state index in [4.69, 9.17) is 9.47 Å². The molecule has 0 aliphatic carbocycles. The van der Waals surface area contributed by atoms with Crippen molar-refractivity contribution in [2.75, 3.05) is 26.7 Å². The highest BCUT2D eigenvalue weighted by atomic mass is 16.5. The quantitative estimate of drug-likeness (QED) is 0.769. The van der Waals surface area contributed by atoms with Crippen molar-refractivity contribution in [2.24, 2.45) is 0 Å². The number of aromatic nitrogens is 1. The van der Waals surface area contributed by atoms with Crippen LogP contribution >= 0.6 is 0 Å². The molecule has 2 heterocycles. The number of hydrogen-bond donors (Lipinski definition) is 0. The van der Waals surface area contributed by atoms with Crippen LogP contribution in [0, 0.1) is 0 Å². The van der Waals surface area contributed by atoms with E-state index in [0.717, 1.165) is 42.9 Å². The number of piperidine rings is 1. The molecule has 1 aliphatic rings. The van der Waals surface area contributed by atoms with Gasteiger partial charge in [0.2, 0.25) is 0 Å². The van der Waals surface area contributed by atoms with Crippen molar-refractivity contribution in [3.63, 3.8) is 0 Å². The van der Waals surface area contributed by atoms with E-state index < -0.39 is 0 Å². The molecule has 0 spiro atoms. The van der Waals surface area contributed by atoms with E-state index in [0.29, 0.717) is 12.7 Å². The molecule has 0 N–H and O–H groups in total. The molecule has 1 fully saturated rings. The van der Waals surface area contributed by atoms with Crippen molar-refractivity contribution in [1.82, 2.24) is 9.88 Å². The van der Waals surface area contributed by atoms with E-state index in [-0.39, 0.29) is 0 Å². The lowest BCUT2D eigenvalue weighted by Crippen LogP contribution is -2.39. The highest BCUT2D eigenvalue weighted by Gasteiger charge is 2.19. The summed E-state index contributed by atoms with van der Waals surface area (Å²) in [6.45, 7) is 3.69. The molecule has 4 heteroatoms. The van der Waals surface area contributed by atoms with E-state index in [1.54, 1.807) is 13.3 Å². The zero-order valence-electron chi connectivity index (χ0n) is 14.8. The maximum atomic E-state index is 6.07. The molecule has 4 nitrogen and oxygen atoms in total. The van der Waals surface area contributed by atoms with E-state index in [9.17, 15) is 0 Å². The molecule has 1 aliphatic heterocycles. The lowest BCUT2D eigenvalue weighted by molar-refractivity contribution is -0.00716. The summed E-state index contributed by atoms with van der Waals surface area (Å²) >= 11 is 0. The van der Waals surface area contributed by atoms with Gasteiger partial charge in [-0.25, -0.2) is 0 Å². The van der Waals surface area contributed by atoms with Gasteiger partial charge < -0.3 is 9.47 Å². The highest BCUT2D eigenvalue weighted by Crippen LogP contribution is 2.19. The summed E-state index contributed by atoms with van der Waals surface area (Å²) in [5, 5.41) is 0. The first-order valence-corrected chi connectivity index (χ1v) is 8.87. The second-order valence-corrected chi connectivity index (χ2v) is 6.34. The van der Waals surface area contributed by atoms with Gasteiger partial charge in [0.15, 0.2) is 0 Å². The van der Waals surface area contributed by atoms with Gasteiger partial charge in [0.25, 0.3) is 0 Å². The third-order valence-corrected chi connectivity index (χ3v) is 4.47. The molecule has 3 rings (SSSR count). The van der Waals surface area contributed by atoms with Gasteiger partial charge in [0.05, 0.1) is 19.8 Å². The smallest absolute Gasteiger partial charge is 0.126 e. The maximum Gasteiger partial charge on any atom is 0.126 e. The molecule has 0 saturated carbocycles. The van der Waals surface area contributed by atoms with Gasteiger partial charge in [-0.05, 0) is 37.1 Å². The molecule has 1 aromatic heterocycles. The lowest BCUT2D eigenvalue weighted by atomic mass is 10.1. The Hall–Kier alpha value is -2.17. The summed E-state index contributed by atoms with van der Waals surface area (Å²) in [5.74, 6) is 0.912. The fraction of sp³-hybridized carbons (Fsp3) is 0.381. The van der Waals surface area contributed by atoms with E-state index in [1.807, 2.05) is 30.5 Å². The number of pyridine rings is 1. The van der Waals surface area contributed by atoms with Crippen LogP contribution in [0.2, 0.25) is 0 Å². The lowest BCUT2D eigenvalue weighted by Gasteiger charge is -2.31. The number of nitrogens with zero attached hydrogens (tertiary/aromatic N) is 2. The monoisotopic (exact) mass is 338 g/mol. The first-order chi connectivity index (χ1) is 12.3. The molecule has 0 bridgehead atoms. The van der Waals surface area contributed by atoms with Crippen LogP contribution in [0.3, 0.4) is 0 Å². The second kappa shape index (κ2) is 9.35. The summed E-state index contributed by atoms with van der Waals surface area (Å²) in [6, 6.07) is 12.1. The Morgan fingerprint density at radius 2 is 2.16 bits per heavy atom. The molecule has 1 aromatic carbocycles. The zero-order valence-corrected chi connectivity index (χ0v) is 14.8. The SMILES string of the molecule is COc1ccccc1/C=C/CN1CCCC(OCc2cccnc2)C1. The molecule has 25 heavy (non-hydrogen) atoms. The third kappa shape index (κ3) is 5.41. The maximum absolute atomic E-state index is 6.07. The fourth-order valence-electron chi connectivity index (χ4n) is 3.15. The Morgan fingerprint density at radius 3 is 3.00 bits per heavy atom. The second-order valence-electron chi connectivity index (χ2n) is 6.34. The Balaban J connectivity index is 1.47. The normalized spacial score (nSPS) is 18.5. The number of hydrogen-bond acceptors (Lipinski definition) is 4. The molecule has 1 saturated heterocycles. The fourth-order valence-corrected chi connectivity index (χ4v) is 3.15. The van der Waals surface area contributed by atoms with Gasteiger partial charge in [-0.15, -0.1) is 0 Å². The van der Waals surface area contributed by atoms with Crippen LogP contribution in [0.25, 0.3) is 6.08 Å². The molecule has 1 atom stereocenters. The van der Waals surface area contributed by atoms with Gasteiger partial charge in [-0.2, -0.15) is 0 Å². The van der Waals surface area contributed by atoms with Gasteiger partial charge in [-0.3, -0.25) is 9.88 Å². The summed E-state index contributed by atoms with van der Waals surface area (Å²) in [7, 11) is 1.71. The first-order valence-electron chi connectivity index (χ1n) is 8.87. The Bertz CT molecular complexity index is 673. The average molecular weight is 338 g/mol. The number of methoxy groups -OCH3 is 1. The van der Waals surface area contributed by atoms with Crippen molar-refractivity contribution in [3.8, 4) is 5.75 Å². The molecule has 0 amide bonds. The van der Waals surface area contributed by atoms with Crippen LogP contribution in [0.1, 0.15) is 24.0 Å². The standard InChI is InChI=1S/C21H26N2O2/c1-24-21-11-3-2-8-19(21)9-5-13-23-14-6-10-20(16-23)25-17-18-7-4-12-22-15-18/h2-5,7-9,11-12,15,20H,6,10,13-14,16-17H2,1H3/b9-5+. The topological polar surface area (TPSA) is 34.6 Å². The summed E-state index contributed by atoms with van der Waals surface area (Å²) in [5.41, 5.74) is 2.25. The van der Waals surface area contributed by atoms with Crippen LogP contribution in [0.5, 0.6) is 5.75 Å². The number of para-hydroxylation sites is 1. The van der Waals surface area contributed by atoms with E-state index in [1.165, 1.54) is 6.42 Å². The van der Waals surface area contributed by atoms with Gasteiger partial charge >= 0.3 is 0 Å². The molecular weight excluding hydrogens is 312 g/mol. The largest absolute Gasteiger partial charge is 0.496 e. The number of rotatable bonds is 7. The predicted molar refractivity (Wildman–Crippen MR) is 101 cm³/mol. The minimum atomic E-state index is 0.300. The first kappa shape index (κ1) is 17.6. The van der Waals surface area contributed by atoms with Crippen LogP contribution in [0.15, 0.2) is 54.9 Å². The Labute approximate surface area is 150 Å². The number of ether oxygens (including phenoxy) is 2. The van der Waals surface area contributed by atoms with Gasteiger partial charge in [0.1, 0.15) is 5.75 Å². The highest BCUT2D eigenvalue weighted by molar-refractivity contribution is 5.57. The molecule has 0 radical (unpaired) electrons. The minimum absolute atomic E-state index is 0.300. The van der Waals surface area contributed by atoms with E-state index >= 15 is 0 Å². The van der Waals surface area contributed by atoms with Crippen LogP contribution < -0.4 is 4.74 Å². The molecule has 1 unspecified atom stereocenters. The molecule has 132 valence electrons. The summed E-state index contributed by atoms with van der Waals surface area (Å²) in [4.78, 5) is 6.58. The summed E-state index contributed by atoms with van der Waals surface area (Å²) in [6.07, 6.45) is 10.6. The zero-order chi connectivity index (χ0) is 17.3. The van der Waals surface area contributed by atoms with E-state index in [2.05, 4.69) is 34.2 Å². The van der Waals surface area contributed by atoms with Crippen LogP contribution in [-0.4, -0.2) is 42.7 Å². The Morgan fingerprint density at radius 1 is 1.24 bits per heavy atom. The van der Waals surface area contributed by atoms with Crippen molar-refractivity contribution >= 4 is 6.08 Å². The van der Waals surface area contributed by atoms with Crippen molar-refractivity contribution in [1.29, 1.82) is 0 Å². The van der Waals surface area contributed by atoms with Gasteiger partial charge in [-0.1, -0.05) is 36.4 Å². The van der Waals surface area contributed by atoms with Crippen molar-refractivity contribution in [2.45, 2.75) is 25.6 Å². The van der Waals surface area contributed by atoms with Crippen LogP contribution in [-0.2, 0) is 11.3 Å². The summed E-state index contributed by atoms with van der Waals surface area (Å²) < 4.78 is 11.5. The van der Waals surface area contributed by atoms with Crippen molar-refractivity contribution in [3.05, 3.63) is 66.0 Å². The predicted octanol–water partition coefficient (Wildman–Crippen LogP) is 3.78. The average Bonchev–Trinajstić information content (AvgIpc) is 2.68.